The molecule has 0 fully saturated rings. The molecule has 9 heavy (non-hydrogen) atoms. The van der Waals surface area contributed by atoms with Crippen LogP contribution in [0.25, 0.3) is 0 Å². The standard InChI is InChI=1S/C4H7Cl3O2/c1-2(8)3(9)4(5,6)7/h2-3,8-9H,1H3/t2-,3-/m1/s1. The molecular formula is C4H7Cl3O2. The summed E-state index contributed by atoms with van der Waals surface area (Å²) in [4.78, 5) is 0. The average Bonchev–Trinajstić information content (AvgIpc) is 1.62. The van der Waals surface area contributed by atoms with E-state index in [1.807, 2.05) is 0 Å². The molecule has 0 saturated carbocycles. The van der Waals surface area contributed by atoms with Crippen LogP contribution in [0.4, 0.5) is 0 Å². The highest BCUT2D eigenvalue weighted by Crippen LogP contribution is 2.31. The molecule has 0 rings (SSSR count). The molecule has 0 aliphatic carbocycles. The van der Waals surface area contributed by atoms with Gasteiger partial charge in [-0.25, -0.2) is 0 Å². The number of rotatable bonds is 1. The number of aliphatic hydroxyl groups excluding tert-OH is 2. The summed E-state index contributed by atoms with van der Waals surface area (Å²) in [5, 5.41) is 17.5. The van der Waals surface area contributed by atoms with Gasteiger partial charge in [-0.15, -0.1) is 0 Å². The van der Waals surface area contributed by atoms with Gasteiger partial charge in [0.1, 0.15) is 6.10 Å². The average molecular weight is 193 g/mol. The second-order valence-electron chi connectivity index (χ2n) is 1.73. The normalized spacial score (nSPS) is 19.3. The maximum Gasteiger partial charge on any atom is 0.218 e. The minimum atomic E-state index is -1.80. The van der Waals surface area contributed by atoms with Crippen molar-refractivity contribution in [3.8, 4) is 0 Å². The lowest BCUT2D eigenvalue weighted by atomic mass is 10.2. The SMILES string of the molecule is C[C@@H](O)[C@@H](O)C(Cl)(Cl)Cl. The third-order valence-corrected chi connectivity index (χ3v) is 1.46. The van der Waals surface area contributed by atoms with Gasteiger partial charge in [0.05, 0.1) is 6.10 Å². The van der Waals surface area contributed by atoms with Gasteiger partial charge in [0.25, 0.3) is 0 Å². The Kier molecular flexibility index (Phi) is 3.55. The highest BCUT2D eigenvalue weighted by atomic mass is 35.6. The summed E-state index contributed by atoms with van der Waals surface area (Å²) in [6.45, 7) is 1.34. The van der Waals surface area contributed by atoms with Crippen molar-refractivity contribution in [1.82, 2.24) is 0 Å². The number of alkyl halides is 3. The summed E-state index contributed by atoms with van der Waals surface area (Å²) >= 11 is 15.6. The van der Waals surface area contributed by atoms with Crippen molar-refractivity contribution in [2.24, 2.45) is 0 Å². The van der Waals surface area contributed by atoms with Crippen LogP contribution in [0.15, 0.2) is 0 Å². The van der Waals surface area contributed by atoms with E-state index in [0.29, 0.717) is 0 Å². The first kappa shape index (κ1) is 9.79. The minimum Gasteiger partial charge on any atom is -0.391 e. The number of aliphatic hydroxyl groups is 2. The molecule has 0 saturated heterocycles. The van der Waals surface area contributed by atoms with Crippen molar-refractivity contribution in [3.05, 3.63) is 0 Å². The second-order valence-corrected chi connectivity index (χ2v) is 4.10. The molecule has 5 heteroatoms. The first-order valence-electron chi connectivity index (χ1n) is 2.28. The van der Waals surface area contributed by atoms with E-state index in [2.05, 4.69) is 0 Å². The molecule has 0 aliphatic rings. The lowest BCUT2D eigenvalue weighted by Crippen LogP contribution is -2.35. The quantitative estimate of drug-likeness (QED) is 0.612. The lowest BCUT2D eigenvalue weighted by molar-refractivity contribution is 0.0342. The van der Waals surface area contributed by atoms with Gasteiger partial charge >= 0.3 is 0 Å². The fourth-order valence-corrected chi connectivity index (χ4v) is 0.820. The molecule has 0 bridgehead atoms. The second kappa shape index (κ2) is 3.26. The molecule has 0 aliphatic heterocycles. The van der Waals surface area contributed by atoms with Crippen LogP contribution in [-0.2, 0) is 0 Å². The first-order valence-corrected chi connectivity index (χ1v) is 3.42. The number of halogens is 3. The zero-order chi connectivity index (χ0) is 7.65. The summed E-state index contributed by atoms with van der Waals surface area (Å²) in [5.74, 6) is 0. The van der Waals surface area contributed by atoms with E-state index in [4.69, 9.17) is 45.0 Å². The van der Waals surface area contributed by atoms with Crippen LogP contribution >= 0.6 is 34.8 Å². The van der Waals surface area contributed by atoms with E-state index in [0.717, 1.165) is 0 Å². The van der Waals surface area contributed by atoms with Crippen molar-refractivity contribution in [2.45, 2.75) is 22.9 Å². The predicted octanol–water partition coefficient (Wildman–Crippen LogP) is 1.10. The van der Waals surface area contributed by atoms with Gasteiger partial charge < -0.3 is 10.2 Å². The molecule has 2 N–H and O–H groups in total. The van der Waals surface area contributed by atoms with Gasteiger partial charge in [-0.2, -0.15) is 0 Å². The molecule has 0 unspecified atom stereocenters. The zero-order valence-electron chi connectivity index (χ0n) is 4.68. The van der Waals surface area contributed by atoms with Crippen molar-refractivity contribution in [3.63, 3.8) is 0 Å². The third kappa shape index (κ3) is 3.48. The maximum atomic E-state index is 8.82. The fourth-order valence-electron chi connectivity index (χ4n) is 0.273. The van der Waals surface area contributed by atoms with E-state index in [1.165, 1.54) is 6.92 Å². The zero-order valence-corrected chi connectivity index (χ0v) is 6.95. The first-order chi connectivity index (χ1) is 3.85. The highest BCUT2D eigenvalue weighted by molar-refractivity contribution is 6.68. The van der Waals surface area contributed by atoms with Crippen molar-refractivity contribution >= 4 is 34.8 Å². The molecule has 0 radical (unpaired) electrons. The van der Waals surface area contributed by atoms with Crippen molar-refractivity contribution in [2.75, 3.05) is 0 Å². The summed E-state index contributed by atoms with van der Waals surface area (Å²) < 4.78 is -1.80. The molecule has 0 amide bonds. The van der Waals surface area contributed by atoms with Gasteiger partial charge in [-0.1, -0.05) is 34.8 Å². The van der Waals surface area contributed by atoms with E-state index in [9.17, 15) is 0 Å². The largest absolute Gasteiger partial charge is 0.391 e. The van der Waals surface area contributed by atoms with E-state index in [1.54, 1.807) is 0 Å². The molecule has 0 aromatic carbocycles. The summed E-state index contributed by atoms with van der Waals surface area (Å²) in [5.41, 5.74) is 0. The van der Waals surface area contributed by atoms with Crippen molar-refractivity contribution in [1.29, 1.82) is 0 Å². The van der Waals surface area contributed by atoms with Gasteiger partial charge in [0.2, 0.25) is 3.79 Å². The molecule has 0 heterocycles. The van der Waals surface area contributed by atoms with E-state index >= 15 is 0 Å². The maximum absolute atomic E-state index is 8.82. The Balaban J connectivity index is 3.88. The van der Waals surface area contributed by atoms with Crippen LogP contribution in [0.2, 0.25) is 0 Å². The topological polar surface area (TPSA) is 40.5 Å². The summed E-state index contributed by atoms with van der Waals surface area (Å²) in [6, 6.07) is 0. The number of hydrogen-bond acceptors (Lipinski definition) is 2. The van der Waals surface area contributed by atoms with E-state index in [-0.39, 0.29) is 0 Å². The lowest BCUT2D eigenvalue weighted by Gasteiger charge is -2.20. The highest BCUT2D eigenvalue weighted by Gasteiger charge is 2.33. The molecule has 0 spiro atoms. The van der Waals surface area contributed by atoms with Gasteiger partial charge in [0, 0.05) is 0 Å². The molecule has 0 aromatic rings. The van der Waals surface area contributed by atoms with Gasteiger partial charge in [-0.05, 0) is 6.92 Å². The number of hydrogen-bond donors (Lipinski definition) is 2. The van der Waals surface area contributed by atoms with Crippen LogP contribution in [0.1, 0.15) is 6.92 Å². The Morgan fingerprint density at radius 2 is 1.56 bits per heavy atom. The summed E-state index contributed by atoms with van der Waals surface area (Å²) in [7, 11) is 0. The molecule has 0 aromatic heterocycles. The fraction of sp³-hybridized carbons (Fsp3) is 1.00. The smallest absolute Gasteiger partial charge is 0.218 e. The Labute approximate surface area is 68.3 Å². The Bertz CT molecular complexity index is 88.3. The van der Waals surface area contributed by atoms with E-state index < -0.39 is 16.0 Å². The molecule has 2 atom stereocenters. The van der Waals surface area contributed by atoms with Crippen LogP contribution in [0.3, 0.4) is 0 Å². The Morgan fingerprint density at radius 1 is 1.22 bits per heavy atom. The van der Waals surface area contributed by atoms with Crippen LogP contribution in [-0.4, -0.2) is 26.2 Å². The molecule has 56 valence electrons. The van der Waals surface area contributed by atoms with Crippen LogP contribution < -0.4 is 0 Å². The van der Waals surface area contributed by atoms with Crippen LogP contribution in [0.5, 0.6) is 0 Å². The Hall–Kier alpha value is 0.790. The van der Waals surface area contributed by atoms with Crippen LogP contribution in [0, 0.1) is 0 Å². The monoisotopic (exact) mass is 192 g/mol. The Morgan fingerprint density at radius 3 is 1.56 bits per heavy atom. The summed E-state index contributed by atoms with van der Waals surface area (Å²) in [6.07, 6.45) is -2.36. The predicted molar refractivity (Wildman–Crippen MR) is 38.0 cm³/mol. The molecular weight excluding hydrogens is 186 g/mol. The van der Waals surface area contributed by atoms with Gasteiger partial charge in [0.15, 0.2) is 0 Å². The third-order valence-electron chi connectivity index (χ3n) is 0.792. The molecule has 2 nitrogen and oxygen atoms in total. The van der Waals surface area contributed by atoms with Crippen molar-refractivity contribution < 1.29 is 10.2 Å². The minimum absolute atomic E-state index is 1.03. The van der Waals surface area contributed by atoms with Gasteiger partial charge in [-0.3, -0.25) is 0 Å².